The van der Waals surface area contributed by atoms with E-state index in [-0.39, 0.29) is 41.7 Å². The largest absolute Gasteiger partial charge is 0.508 e. The monoisotopic (exact) mass is 1050 g/mol. The van der Waals surface area contributed by atoms with Gasteiger partial charge in [-0.25, -0.2) is 4.31 Å². The van der Waals surface area contributed by atoms with E-state index in [0.29, 0.717) is 44.9 Å². The summed E-state index contributed by atoms with van der Waals surface area (Å²) in [7, 11) is 5.71. The van der Waals surface area contributed by atoms with Crippen LogP contribution in [0.25, 0.3) is 33.3 Å². The summed E-state index contributed by atoms with van der Waals surface area (Å²) in [6, 6.07) is 15.4. The normalized spacial score (nSPS) is 16.2. The maximum atomic E-state index is 13.7. The number of fused-ring (bicyclic) bond motifs is 1. The summed E-state index contributed by atoms with van der Waals surface area (Å²) in [5.41, 5.74) is 13.7. The van der Waals surface area contributed by atoms with E-state index < -0.39 is 6.04 Å². The van der Waals surface area contributed by atoms with E-state index in [4.69, 9.17) is 20.2 Å². The molecule has 2 aromatic heterocycles. The Morgan fingerprint density at radius 2 is 1.81 bits per heavy atom. The Labute approximate surface area is 455 Å². The second-order valence-electron chi connectivity index (χ2n) is 21.0. The molecular weight excluding hydrogens is 957 g/mol. The first-order valence-corrected chi connectivity index (χ1v) is 28.2. The van der Waals surface area contributed by atoms with Crippen LogP contribution in [0.1, 0.15) is 117 Å². The van der Waals surface area contributed by atoms with Gasteiger partial charge in [-0.15, -0.1) is 6.58 Å². The average molecular weight is 1050 g/mol. The number of hydrogen-bond acceptors (Lipinski definition) is 12. The summed E-state index contributed by atoms with van der Waals surface area (Å²) in [6.07, 6.45) is 11.5. The van der Waals surface area contributed by atoms with E-state index in [1.807, 2.05) is 47.0 Å². The van der Waals surface area contributed by atoms with Crippen LogP contribution >= 0.6 is 11.9 Å². The van der Waals surface area contributed by atoms with Gasteiger partial charge in [-0.05, 0) is 162 Å². The van der Waals surface area contributed by atoms with Gasteiger partial charge < -0.3 is 40.4 Å². The fourth-order valence-electron chi connectivity index (χ4n) is 10.3. The molecule has 6 rings (SSSR count). The van der Waals surface area contributed by atoms with Gasteiger partial charge in [0, 0.05) is 85.4 Å². The van der Waals surface area contributed by atoms with Gasteiger partial charge in [0.05, 0.1) is 36.7 Å². The molecule has 4 atom stereocenters. The number of nitrogens with zero attached hydrogens (tertiary/aromatic N) is 5. The fraction of sp³-hybridized carbons (Fsp3) is 0.557. The van der Waals surface area contributed by atoms with Crippen LogP contribution < -0.4 is 16.4 Å². The lowest BCUT2D eigenvalue weighted by Crippen LogP contribution is -2.49. The lowest BCUT2D eigenvalue weighted by atomic mass is 9.84. The maximum Gasteiger partial charge on any atom is 0.293 e. The zero-order valence-electron chi connectivity index (χ0n) is 47.5. The highest BCUT2D eigenvalue weighted by molar-refractivity contribution is 8.01. The lowest BCUT2D eigenvalue weighted by molar-refractivity contribution is -0.131. The first kappa shape index (κ1) is 62.4. The van der Waals surface area contributed by atoms with Crippen LogP contribution in [0.2, 0.25) is 0 Å². The third-order valence-corrected chi connectivity index (χ3v) is 14.8. The highest BCUT2D eigenvalue weighted by Crippen LogP contribution is 2.42. The molecule has 14 heteroatoms. The Morgan fingerprint density at radius 3 is 2.45 bits per heavy atom. The molecule has 5 N–H and O–H groups in total. The van der Waals surface area contributed by atoms with Gasteiger partial charge in [0.1, 0.15) is 11.8 Å². The first-order chi connectivity index (χ1) is 36.0. The van der Waals surface area contributed by atoms with Gasteiger partial charge in [0.15, 0.2) is 0 Å². The second kappa shape index (κ2) is 31.8. The minimum absolute atomic E-state index is 0.0129. The molecule has 0 saturated carbocycles. The van der Waals surface area contributed by atoms with Crippen molar-refractivity contribution in [2.24, 2.45) is 23.0 Å². The number of benzene rings is 2. The van der Waals surface area contributed by atoms with Crippen LogP contribution in [-0.4, -0.2) is 127 Å². The zero-order valence-corrected chi connectivity index (χ0v) is 48.3. The van der Waals surface area contributed by atoms with Crippen molar-refractivity contribution < 1.29 is 24.2 Å². The molecule has 13 nitrogen and oxygen atoms in total. The number of phenolic OH excluding ortho intramolecular Hbond substituents is 1. The molecule has 2 aromatic carbocycles. The summed E-state index contributed by atoms with van der Waals surface area (Å²) < 4.78 is 15.7. The van der Waals surface area contributed by atoms with Crippen LogP contribution in [-0.2, 0) is 38.4 Å². The van der Waals surface area contributed by atoms with E-state index in [1.165, 1.54) is 38.8 Å². The minimum Gasteiger partial charge on any atom is -0.508 e. The Kier molecular flexibility index (Phi) is 26.5. The summed E-state index contributed by atoms with van der Waals surface area (Å²) in [6.45, 7) is 33.1. The van der Waals surface area contributed by atoms with E-state index in [2.05, 4.69) is 119 Å². The smallest absolute Gasteiger partial charge is 0.293 e. The Balaban J connectivity index is 0.000000535. The third kappa shape index (κ3) is 18.5. The number of likely N-dealkylation sites (tertiary alicyclic amines) is 1. The van der Waals surface area contributed by atoms with Gasteiger partial charge in [-0.3, -0.25) is 19.5 Å². The topological polar surface area (TPSA) is 150 Å². The first-order valence-electron chi connectivity index (χ1n) is 27.4. The predicted octanol–water partition coefficient (Wildman–Crippen LogP) is 10.6. The number of likely N-dealkylation sites (N-methyl/N-ethyl adjacent to an activating group) is 1. The maximum absolute atomic E-state index is 13.7. The predicted molar refractivity (Wildman–Crippen MR) is 313 cm³/mol. The number of piperidine rings is 1. The van der Waals surface area contributed by atoms with Crippen molar-refractivity contribution in [3.63, 3.8) is 0 Å². The average Bonchev–Trinajstić information content (AvgIpc) is 3.99. The molecule has 4 heterocycles. The van der Waals surface area contributed by atoms with Crippen LogP contribution in [0, 0.1) is 28.4 Å². The molecule has 2 aliphatic rings. The Bertz CT molecular complexity index is 2480. The zero-order chi connectivity index (χ0) is 55.1. The van der Waals surface area contributed by atoms with Gasteiger partial charge in [0.2, 0.25) is 5.91 Å². The number of rotatable bonds is 25. The number of ether oxygens (including phenoxy) is 2. The summed E-state index contributed by atoms with van der Waals surface area (Å²) in [5, 5.41) is 22.0. The number of pyridine rings is 1. The Hall–Kier alpha value is -5.14. The van der Waals surface area contributed by atoms with Gasteiger partial charge in [-0.1, -0.05) is 78.7 Å². The van der Waals surface area contributed by atoms with Crippen molar-refractivity contribution in [2.75, 3.05) is 73.6 Å². The van der Waals surface area contributed by atoms with Crippen molar-refractivity contribution in [3.8, 4) is 39.3 Å². The molecule has 2 aliphatic heterocycles. The van der Waals surface area contributed by atoms with Crippen molar-refractivity contribution in [1.82, 2.24) is 34.3 Å². The minimum atomic E-state index is -0.620. The third-order valence-electron chi connectivity index (χ3n) is 13.9. The number of nitrogens with one attached hydrogen (secondary N) is 2. The molecule has 75 heavy (non-hydrogen) atoms. The van der Waals surface area contributed by atoms with Crippen molar-refractivity contribution >= 4 is 35.2 Å². The molecule has 4 unspecified atom stereocenters. The number of amides is 1. The van der Waals surface area contributed by atoms with E-state index in [0.717, 1.165) is 88.3 Å². The SMILES string of the molecule is C=C(NC(Cc1cc(O)cc(-c2ccc3c(c2)c(CC(C)(C)COC=O)c(-c2cccnc2C(C)OC)n3CC)c1)C(=O)NCCCCN)C(C(C)C)N(C)C.C=CC1CCN(SC#CCN2CCCCC2)C1.CC. The van der Waals surface area contributed by atoms with Crippen LogP contribution in [0.3, 0.4) is 0 Å². The molecular formula is C61H92N8O5S. The summed E-state index contributed by atoms with van der Waals surface area (Å²) >= 11 is 1.69. The van der Waals surface area contributed by atoms with Gasteiger partial charge in [0.25, 0.3) is 6.47 Å². The molecule has 0 aliphatic carbocycles. The highest BCUT2D eigenvalue weighted by atomic mass is 32.2. The van der Waals surface area contributed by atoms with E-state index >= 15 is 0 Å². The number of nitrogens with two attached hydrogens (primary N) is 1. The summed E-state index contributed by atoms with van der Waals surface area (Å²) in [4.78, 5) is 34.3. The van der Waals surface area contributed by atoms with E-state index in [9.17, 15) is 14.7 Å². The molecule has 2 saturated heterocycles. The number of aromatic hydroxyl groups is 1. The molecule has 0 bridgehead atoms. The number of aryl methyl sites for hydroxylation is 1. The van der Waals surface area contributed by atoms with Gasteiger partial charge in [-0.2, -0.15) is 0 Å². The number of carbonyl (C=O) groups excluding carboxylic acids is 2. The lowest BCUT2D eigenvalue weighted by Gasteiger charge is -2.32. The molecule has 0 spiro atoms. The molecule has 412 valence electrons. The molecule has 2 fully saturated rings. The van der Waals surface area contributed by atoms with E-state index in [1.54, 1.807) is 37.4 Å². The van der Waals surface area contributed by atoms with Crippen LogP contribution in [0.5, 0.6) is 5.75 Å². The molecule has 4 aromatic rings. The van der Waals surface area contributed by atoms with Crippen molar-refractivity contribution in [1.29, 1.82) is 0 Å². The van der Waals surface area contributed by atoms with Crippen molar-refractivity contribution in [3.05, 3.63) is 96.5 Å². The Morgan fingerprint density at radius 1 is 1.07 bits per heavy atom. The highest BCUT2D eigenvalue weighted by Gasteiger charge is 2.30. The van der Waals surface area contributed by atoms with Gasteiger partial charge >= 0.3 is 0 Å². The van der Waals surface area contributed by atoms with Crippen LogP contribution in [0.15, 0.2) is 79.7 Å². The number of carbonyl (C=O) groups is 2. The molecule has 1 amide bonds. The summed E-state index contributed by atoms with van der Waals surface area (Å²) in [5.74, 6) is 4.21. The van der Waals surface area contributed by atoms with Crippen LogP contribution in [0.4, 0.5) is 0 Å². The second-order valence-corrected chi connectivity index (χ2v) is 21.9. The number of phenols is 1. The van der Waals surface area contributed by atoms with Crippen molar-refractivity contribution in [2.45, 2.75) is 131 Å². The number of aromatic nitrogens is 2. The standard InChI is InChI=1S/C45H64N6O5.C14H22N2S.C2H6/c1-11-51-40-17-16-33(25-37(40)38(26-45(6,7)27-56-28-52)43(51)36-15-14-20-47-41(36)31(5)55-10)34-21-32(22-35(53)24-34)23-39(44(54)48-19-13-12-18-46)49-30(4)42(29(2)3)50(8)9;1-2-14-7-11-16(13-14)17-12-6-10-15-8-4-3-5-9-15;1-2/h14-17,20-22,24-25,28-29,31,39,42,49,53H,4,11-13,18-19,23,26-27,46H2,1-3,5-10H3,(H,48,54);2,14H,1,3-5,7-11,13H2;1-2H3. The molecule has 0 radical (unpaired) electrons. The number of hydrogen-bond donors (Lipinski definition) is 4. The number of unbranched alkanes of at least 4 members (excludes halogenated alkanes) is 1. The quantitative estimate of drug-likeness (QED) is 0.0164. The fourth-order valence-corrected chi connectivity index (χ4v) is 11.0. The number of methoxy groups -OCH3 is 1.